The van der Waals surface area contributed by atoms with Crippen LogP contribution in [-0.2, 0) is 18.2 Å². The SMILES string of the molecule is CCC(N)Cc1c(C)nn(C)c1N1CCCC(COC)C1. The minimum atomic E-state index is 0.214. The van der Waals surface area contributed by atoms with Gasteiger partial charge in [0.1, 0.15) is 5.82 Å². The molecule has 0 spiro atoms. The molecule has 120 valence electrons. The maximum absolute atomic E-state index is 6.18. The molecule has 5 heteroatoms. The van der Waals surface area contributed by atoms with Gasteiger partial charge in [0.2, 0.25) is 0 Å². The summed E-state index contributed by atoms with van der Waals surface area (Å²) in [7, 11) is 3.84. The lowest BCUT2D eigenvalue weighted by molar-refractivity contribution is 0.143. The molecule has 2 heterocycles. The van der Waals surface area contributed by atoms with Crippen LogP contribution in [-0.4, -0.2) is 42.6 Å². The molecule has 1 aliphatic heterocycles. The number of ether oxygens (including phenoxy) is 1. The first-order valence-electron chi connectivity index (χ1n) is 8.08. The van der Waals surface area contributed by atoms with E-state index < -0.39 is 0 Å². The van der Waals surface area contributed by atoms with Crippen LogP contribution in [0.2, 0.25) is 0 Å². The van der Waals surface area contributed by atoms with Gasteiger partial charge in [-0.25, -0.2) is 0 Å². The molecular formula is C16H30N4O. The van der Waals surface area contributed by atoms with E-state index in [0.29, 0.717) is 5.92 Å². The Hall–Kier alpha value is -1.07. The summed E-state index contributed by atoms with van der Waals surface area (Å²) >= 11 is 0. The topological polar surface area (TPSA) is 56.3 Å². The van der Waals surface area contributed by atoms with Crippen molar-refractivity contribution < 1.29 is 4.74 Å². The fraction of sp³-hybridized carbons (Fsp3) is 0.812. The summed E-state index contributed by atoms with van der Waals surface area (Å²) in [5.41, 5.74) is 8.62. The van der Waals surface area contributed by atoms with E-state index in [9.17, 15) is 0 Å². The summed E-state index contributed by atoms with van der Waals surface area (Å²) < 4.78 is 7.37. The standard InChI is InChI=1S/C16H30N4O/c1-5-14(17)9-15-12(2)18-19(3)16(15)20-8-6-7-13(10-20)11-21-4/h13-14H,5-11,17H2,1-4H3. The monoisotopic (exact) mass is 294 g/mol. The number of anilines is 1. The van der Waals surface area contributed by atoms with Gasteiger partial charge in [-0.05, 0) is 38.5 Å². The molecule has 0 amide bonds. The highest BCUT2D eigenvalue weighted by atomic mass is 16.5. The van der Waals surface area contributed by atoms with Crippen molar-refractivity contribution in [3.05, 3.63) is 11.3 Å². The molecule has 2 atom stereocenters. The van der Waals surface area contributed by atoms with Crippen molar-refractivity contribution in [1.82, 2.24) is 9.78 Å². The zero-order chi connectivity index (χ0) is 15.4. The molecule has 21 heavy (non-hydrogen) atoms. The number of rotatable bonds is 6. The molecule has 2 unspecified atom stereocenters. The quantitative estimate of drug-likeness (QED) is 0.870. The number of hydrogen-bond acceptors (Lipinski definition) is 4. The molecule has 2 rings (SSSR count). The zero-order valence-corrected chi connectivity index (χ0v) is 13.9. The summed E-state index contributed by atoms with van der Waals surface area (Å²) in [4.78, 5) is 2.48. The van der Waals surface area contributed by atoms with Crippen molar-refractivity contribution in [3.8, 4) is 0 Å². The first-order chi connectivity index (χ1) is 10.1. The van der Waals surface area contributed by atoms with E-state index >= 15 is 0 Å². The van der Waals surface area contributed by atoms with Crippen LogP contribution in [0.1, 0.15) is 37.4 Å². The smallest absolute Gasteiger partial charge is 0.130 e. The molecular weight excluding hydrogens is 264 g/mol. The highest BCUT2D eigenvalue weighted by Crippen LogP contribution is 2.29. The third-order valence-electron chi connectivity index (χ3n) is 4.52. The molecule has 0 aliphatic carbocycles. The van der Waals surface area contributed by atoms with E-state index in [0.717, 1.165) is 38.2 Å². The Morgan fingerprint density at radius 2 is 2.24 bits per heavy atom. The molecule has 2 N–H and O–H groups in total. The summed E-state index contributed by atoms with van der Waals surface area (Å²) in [5, 5.41) is 4.63. The summed E-state index contributed by atoms with van der Waals surface area (Å²) in [5.74, 6) is 1.88. The molecule has 0 saturated carbocycles. The first-order valence-corrected chi connectivity index (χ1v) is 8.08. The molecule has 0 bridgehead atoms. The molecule has 1 aromatic heterocycles. The van der Waals surface area contributed by atoms with Gasteiger partial charge in [-0.1, -0.05) is 6.92 Å². The lowest BCUT2D eigenvalue weighted by atomic mass is 9.97. The largest absolute Gasteiger partial charge is 0.384 e. The molecule has 1 saturated heterocycles. The maximum atomic E-state index is 6.18. The second-order valence-corrected chi connectivity index (χ2v) is 6.29. The van der Waals surface area contributed by atoms with Gasteiger partial charge in [0.15, 0.2) is 0 Å². The van der Waals surface area contributed by atoms with Crippen LogP contribution in [0, 0.1) is 12.8 Å². The number of aromatic nitrogens is 2. The van der Waals surface area contributed by atoms with Crippen molar-refractivity contribution in [1.29, 1.82) is 0 Å². The highest BCUT2D eigenvalue weighted by Gasteiger charge is 2.26. The second kappa shape index (κ2) is 7.27. The Bertz CT molecular complexity index is 455. The van der Waals surface area contributed by atoms with E-state index in [1.54, 1.807) is 7.11 Å². The lowest BCUT2D eigenvalue weighted by Gasteiger charge is -2.34. The van der Waals surface area contributed by atoms with Gasteiger partial charge in [0.05, 0.1) is 12.3 Å². The van der Waals surface area contributed by atoms with Crippen LogP contribution in [0.4, 0.5) is 5.82 Å². The Morgan fingerprint density at radius 3 is 2.90 bits per heavy atom. The molecule has 1 fully saturated rings. The fourth-order valence-electron chi connectivity index (χ4n) is 3.36. The summed E-state index contributed by atoms with van der Waals surface area (Å²) in [6.45, 7) is 7.25. The number of hydrogen-bond donors (Lipinski definition) is 1. The van der Waals surface area contributed by atoms with Crippen LogP contribution >= 0.6 is 0 Å². The molecule has 1 aliphatic rings. The Kier molecular flexibility index (Phi) is 5.65. The highest BCUT2D eigenvalue weighted by molar-refractivity contribution is 5.51. The predicted octanol–water partition coefficient (Wildman–Crippen LogP) is 1.87. The van der Waals surface area contributed by atoms with Gasteiger partial charge in [-0.3, -0.25) is 4.68 Å². The zero-order valence-electron chi connectivity index (χ0n) is 13.9. The minimum Gasteiger partial charge on any atom is -0.384 e. The summed E-state index contributed by atoms with van der Waals surface area (Å²) in [6, 6.07) is 0.214. The molecule has 0 aromatic carbocycles. The minimum absolute atomic E-state index is 0.214. The number of aryl methyl sites for hydroxylation is 2. The van der Waals surface area contributed by atoms with Gasteiger partial charge in [-0.15, -0.1) is 0 Å². The fourth-order valence-corrected chi connectivity index (χ4v) is 3.36. The third kappa shape index (κ3) is 3.77. The number of nitrogens with zero attached hydrogens (tertiary/aromatic N) is 3. The van der Waals surface area contributed by atoms with Crippen molar-refractivity contribution in [2.45, 2.75) is 45.6 Å². The Labute approximate surface area is 128 Å². The van der Waals surface area contributed by atoms with E-state index in [2.05, 4.69) is 23.8 Å². The van der Waals surface area contributed by atoms with Crippen LogP contribution in [0.15, 0.2) is 0 Å². The van der Waals surface area contributed by atoms with Gasteiger partial charge < -0.3 is 15.4 Å². The van der Waals surface area contributed by atoms with Gasteiger partial charge >= 0.3 is 0 Å². The van der Waals surface area contributed by atoms with Gasteiger partial charge in [-0.2, -0.15) is 5.10 Å². The number of piperidine rings is 1. The molecule has 0 radical (unpaired) electrons. The van der Waals surface area contributed by atoms with E-state index in [1.165, 1.54) is 24.2 Å². The average Bonchev–Trinajstić information content (AvgIpc) is 2.73. The number of methoxy groups -OCH3 is 1. The first kappa shape index (κ1) is 16.3. The van der Waals surface area contributed by atoms with Crippen LogP contribution < -0.4 is 10.6 Å². The average molecular weight is 294 g/mol. The van der Waals surface area contributed by atoms with Gasteiger partial charge in [0.25, 0.3) is 0 Å². The van der Waals surface area contributed by atoms with Crippen molar-refractivity contribution in [3.63, 3.8) is 0 Å². The molecule has 5 nitrogen and oxygen atoms in total. The number of nitrogens with two attached hydrogens (primary N) is 1. The van der Waals surface area contributed by atoms with Crippen molar-refractivity contribution in [2.24, 2.45) is 18.7 Å². The van der Waals surface area contributed by atoms with E-state index in [4.69, 9.17) is 10.5 Å². The Balaban J connectivity index is 2.21. The second-order valence-electron chi connectivity index (χ2n) is 6.29. The summed E-state index contributed by atoms with van der Waals surface area (Å²) in [6.07, 6.45) is 4.39. The Morgan fingerprint density at radius 1 is 1.48 bits per heavy atom. The lowest BCUT2D eigenvalue weighted by Crippen LogP contribution is -2.39. The third-order valence-corrected chi connectivity index (χ3v) is 4.52. The van der Waals surface area contributed by atoms with Gasteiger partial charge in [0, 0.05) is 38.9 Å². The maximum Gasteiger partial charge on any atom is 0.130 e. The van der Waals surface area contributed by atoms with E-state index in [1.807, 2.05) is 11.7 Å². The van der Waals surface area contributed by atoms with Crippen molar-refractivity contribution in [2.75, 3.05) is 31.7 Å². The normalized spacial score (nSPS) is 20.8. The van der Waals surface area contributed by atoms with Crippen LogP contribution in [0.5, 0.6) is 0 Å². The predicted molar refractivity (Wildman–Crippen MR) is 86.7 cm³/mol. The van der Waals surface area contributed by atoms with E-state index in [-0.39, 0.29) is 6.04 Å². The van der Waals surface area contributed by atoms with Crippen molar-refractivity contribution >= 4 is 5.82 Å². The molecule has 1 aromatic rings. The van der Waals surface area contributed by atoms with Crippen LogP contribution in [0.3, 0.4) is 0 Å². The van der Waals surface area contributed by atoms with Crippen LogP contribution in [0.25, 0.3) is 0 Å².